The number of aliphatic hydroxyl groups excluding tert-OH is 1. The highest BCUT2D eigenvalue weighted by Gasteiger charge is 2.45. The summed E-state index contributed by atoms with van der Waals surface area (Å²) in [5.74, 6) is -0.647. The molecule has 2 N–H and O–H groups in total. The van der Waals surface area contributed by atoms with Crippen molar-refractivity contribution in [1.82, 2.24) is 10.2 Å². The lowest BCUT2D eigenvalue weighted by atomic mass is 9.78. The van der Waals surface area contributed by atoms with Crippen LogP contribution >= 0.6 is 0 Å². The van der Waals surface area contributed by atoms with Crippen molar-refractivity contribution in [2.75, 3.05) is 0 Å². The third-order valence-electron chi connectivity index (χ3n) is 5.15. The van der Waals surface area contributed by atoms with Crippen molar-refractivity contribution < 1.29 is 14.7 Å². The number of amides is 2. The van der Waals surface area contributed by atoms with Crippen molar-refractivity contribution in [1.29, 1.82) is 0 Å². The summed E-state index contributed by atoms with van der Waals surface area (Å²) in [4.78, 5) is 28.4. The molecule has 28 heavy (non-hydrogen) atoms. The lowest BCUT2D eigenvalue weighted by Gasteiger charge is -2.44. The molecule has 0 fully saturated rings. The first-order chi connectivity index (χ1) is 13.3. The second-order valence-corrected chi connectivity index (χ2v) is 7.88. The molecule has 0 saturated carbocycles. The predicted octanol–water partition coefficient (Wildman–Crippen LogP) is 3.39. The minimum atomic E-state index is -0.501. The summed E-state index contributed by atoms with van der Waals surface area (Å²) in [5, 5.41) is 12.4. The number of nitrogens with one attached hydrogen (secondary N) is 1. The van der Waals surface area contributed by atoms with Crippen LogP contribution in [0, 0.1) is 0 Å². The third-order valence-corrected chi connectivity index (χ3v) is 5.15. The molecule has 2 atom stereocenters. The average molecular weight is 380 g/mol. The zero-order valence-electron chi connectivity index (χ0n) is 16.8. The number of hydrogen-bond acceptors (Lipinski definition) is 3. The summed E-state index contributed by atoms with van der Waals surface area (Å²) in [7, 11) is 0. The van der Waals surface area contributed by atoms with E-state index in [0.717, 1.165) is 16.7 Å². The fourth-order valence-corrected chi connectivity index (χ4v) is 3.95. The molecule has 2 amide bonds. The molecule has 0 unspecified atom stereocenters. The fourth-order valence-electron chi connectivity index (χ4n) is 3.95. The Bertz CT molecular complexity index is 858. The van der Waals surface area contributed by atoms with E-state index in [1.165, 1.54) is 0 Å². The Morgan fingerprint density at radius 3 is 2.29 bits per heavy atom. The van der Waals surface area contributed by atoms with Crippen LogP contribution in [-0.4, -0.2) is 33.9 Å². The second kappa shape index (κ2) is 8.15. The lowest BCUT2D eigenvalue weighted by Crippen LogP contribution is -2.50. The quantitative estimate of drug-likeness (QED) is 0.835. The minimum absolute atomic E-state index is 0.00204. The van der Waals surface area contributed by atoms with Crippen molar-refractivity contribution in [2.24, 2.45) is 0 Å². The van der Waals surface area contributed by atoms with Crippen LogP contribution in [0.4, 0.5) is 0 Å². The normalized spacial score (nSPS) is 19.1. The van der Waals surface area contributed by atoms with Gasteiger partial charge in [0.1, 0.15) is 0 Å². The smallest absolute Gasteiger partial charge is 0.254 e. The van der Waals surface area contributed by atoms with Crippen LogP contribution in [0.25, 0.3) is 0 Å². The van der Waals surface area contributed by atoms with E-state index >= 15 is 0 Å². The van der Waals surface area contributed by atoms with Crippen molar-refractivity contribution in [2.45, 2.75) is 58.3 Å². The Balaban J connectivity index is 2.19. The highest BCUT2D eigenvalue weighted by atomic mass is 16.3. The summed E-state index contributed by atoms with van der Waals surface area (Å²) < 4.78 is 0. The summed E-state index contributed by atoms with van der Waals surface area (Å²) in [5.41, 5.74) is 3.03. The highest BCUT2D eigenvalue weighted by molar-refractivity contribution is 6.01. The van der Waals surface area contributed by atoms with Crippen molar-refractivity contribution in [3.8, 4) is 0 Å². The molecule has 2 aromatic carbocycles. The first kappa shape index (κ1) is 20.1. The van der Waals surface area contributed by atoms with E-state index < -0.39 is 12.0 Å². The second-order valence-electron chi connectivity index (χ2n) is 7.88. The molecule has 0 spiro atoms. The summed E-state index contributed by atoms with van der Waals surface area (Å²) in [6.45, 7) is 7.76. The Hall–Kier alpha value is -2.66. The molecular formula is C23H28N2O3. The van der Waals surface area contributed by atoms with Gasteiger partial charge in [0, 0.05) is 17.6 Å². The molecule has 0 aliphatic carbocycles. The largest absolute Gasteiger partial charge is 0.392 e. The van der Waals surface area contributed by atoms with Gasteiger partial charge in [-0.15, -0.1) is 0 Å². The third kappa shape index (κ3) is 3.67. The first-order valence-corrected chi connectivity index (χ1v) is 9.76. The Kier molecular flexibility index (Phi) is 5.84. The lowest BCUT2D eigenvalue weighted by molar-refractivity contribution is -0.124. The van der Waals surface area contributed by atoms with E-state index in [1.54, 1.807) is 11.0 Å². The van der Waals surface area contributed by atoms with Crippen LogP contribution in [0.3, 0.4) is 0 Å². The van der Waals surface area contributed by atoms with Crippen LogP contribution in [0.1, 0.15) is 66.7 Å². The van der Waals surface area contributed by atoms with Crippen LogP contribution in [0.5, 0.6) is 0 Å². The number of aliphatic hydroxyl groups is 1. The topological polar surface area (TPSA) is 69.6 Å². The molecule has 148 valence electrons. The van der Waals surface area contributed by atoms with E-state index in [2.05, 4.69) is 5.32 Å². The number of fused-ring (bicyclic) bond motifs is 1. The molecule has 0 saturated heterocycles. The highest BCUT2D eigenvalue weighted by Crippen LogP contribution is 2.43. The number of carbonyl (C=O) groups excluding carboxylic acids is 2. The zero-order valence-corrected chi connectivity index (χ0v) is 16.8. The summed E-state index contributed by atoms with van der Waals surface area (Å²) in [6.07, 6.45) is 0. The van der Waals surface area contributed by atoms with Crippen molar-refractivity contribution in [3.63, 3.8) is 0 Å². The number of rotatable bonds is 5. The van der Waals surface area contributed by atoms with Gasteiger partial charge < -0.3 is 15.3 Å². The average Bonchev–Trinajstić information content (AvgIpc) is 2.67. The molecular weight excluding hydrogens is 352 g/mol. The SMILES string of the molecule is CC(C)NC(=O)[C@@H]1c2ccccc2C(=O)N(C(C)C)[C@H]1c1ccc(CO)cc1. The minimum Gasteiger partial charge on any atom is -0.392 e. The predicted molar refractivity (Wildman–Crippen MR) is 109 cm³/mol. The Morgan fingerprint density at radius 2 is 1.71 bits per heavy atom. The van der Waals surface area contributed by atoms with Gasteiger partial charge in [-0.25, -0.2) is 0 Å². The van der Waals surface area contributed by atoms with Crippen LogP contribution < -0.4 is 5.32 Å². The molecule has 2 aromatic rings. The van der Waals surface area contributed by atoms with E-state index in [4.69, 9.17) is 0 Å². The van der Waals surface area contributed by atoms with Gasteiger partial charge in [0.15, 0.2) is 0 Å². The van der Waals surface area contributed by atoms with E-state index in [1.807, 2.05) is 70.2 Å². The maximum atomic E-state index is 13.3. The molecule has 0 bridgehead atoms. The molecule has 0 aromatic heterocycles. The molecule has 0 radical (unpaired) electrons. The van der Waals surface area contributed by atoms with Gasteiger partial charge in [0.25, 0.3) is 5.91 Å². The molecule has 1 heterocycles. The van der Waals surface area contributed by atoms with Crippen molar-refractivity contribution >= 4 is 11.8 Å². The molecule has 1 aliphatic heterocycles. The summed E-state index contributed by atoms with van der Waals surface area (Å²) >= 11 is 0. The van der Waals surface area contributed by atoms with Gasteiger partial charge in [-0.2, -0.15) is 0 Å². The van der Waals surface area contributed by atoms with Crippen LogP contribution in [0.15, 0.2) is 48.5 Å². The maximum absolute atomic E-state index is 13.3. The summed E-state index contributed by atoms with van der Waals surface area (Å²) in [6, 6.07) is 14.4. The fraction of sp³-hybridized carbons (Fsp3) is 0.391. The molecule has 5 heteroatoms. The van der Waals surface area contributed by atoms with Gasteiger partial charge >= 0.3 is 0 Å². The molecule has 5 nitrogen and oxygen atoms in total. The van der Waals surface area contributed by atoms with E-state index in [9.17, 15) is 14.7 Å². The number of carbonyl (C=O) groups is 2. The Labute approximate surface area is 166 Å². The van der Waals surface area contributed by atoms with Gasteiger partial charge in [0.2, 0.25) is 5.91 Å². The maximum Gasteiger partial charge on any atom is 0.254 e. The number of nitrogens with zero attached hydrogens (tertiary/aromatic N) is 1. The van der Waals surface area contributed by atoms with E-state index in [0.29, 0.717) is 5.56 Å². The van der Waals surface area contributed by atoms with Crippen molar-refractivity contribution in [3.05, 3.63) is 70.8 Å². The van der Waals surface area contributed by atoms with Gasteiger partial charge in [-0.05, 0) is 50.5 Å². The monoisotopic (exact) mass is 380 g/mol. The number of hydrogen-bond donors (Lipinski definition) is 2. The molecule has 1 aliphatic rings. The van der Waals surface area contributed by atoms with Crippen LogP contribution in [-0.2, 0) is 11.4 Å². The standard InChI is InChI=1S/C23H28N2O3/c1-14(2)24-22(27)20-18-7-5-6-8-19(18)23(28)25(15(3)4)21(20)17-11-9-16(13-26)10-12-17/h5-12,14-15,20-21,26H,13H2,1-4H3,(H,24,27)/t20-,21+/m1/s1. The van der Waals surface area contributed by atoms with Gasteiger partial charge in [-0.3, -0.25) is 9.59 Å². The Morgan fingerprint density at radius 1 is 1.07 bits per heavy atom. The van der Waals surface area contributed by atoms with Gasteiger partial charge in [-0.1, -0.05) is 42.5 Å². The van der Waals surface area contributed by atoms with E-state index in [-0.39, 0.29) is 30.5 Å². The van der Waals surface area contributed by atoms with Gasteiger partial charge in [0.05, 0.1) is 18.6 Å². The number of benzene rings is 2. The van der Waals surface area contributed by atoms with Crippen LogP contribution in [0.2, 0.25) is 0 Å². The molecule has 3 rings (SSSR count). The zero-order chi connectivity index (χ0) is 20.4. The first-order valence-electron chi connectivity index (χ1n) is 9.76.